The zero-order chi connectivity index (χ0) is 16.2. The molecule has 0 unspecified atom stereocenters. The van der Waals surface area contributed by atoms with Crippen molar-refractivity contribution in [1.29, 1.82) is 0 Å². The summed E-state index contributed by atoms with van der Waals surface area (Å²) in [6, 6.07) is 18.0. The van der Waals surface area contributed by atoms with Crippen LogP contribution in [-0.4, -0.2) is 35.1 Å². The van der Waals surface area contributed by atoms with Crippen molar-refractivity contribution in [2.24, 2.45) is 4.99 Å². The number of aliphatic imine (C=N–C) groups is 1. The molecule has 0 aliphatic carbocycles. The molecule has 0 radical (unpaired) electrons. The fourth-order valence-corrected chi connectivity index (χ4v) is 2.41. The van der Waals surface area contributed by atoms with Crippen LogP contribution in [0.3, 0.4) is 0 Å². The summed E-state index contributed by atoms with van der Waals surface area (Å²) in [5.41, 5.74) is 3.08. The van der Waals surface area contributed by atoms with Crippen molar-refractivity contribution < 1.29 is 0 Å². The monoisotopic (exact) mass is 323 g/mol. The van der Waals surface area contributed by atoms with E-state index in [9.17, 15) is 0 Å². The van der Waals surface area contributed by atoms with Gasteiger partial charge < -0.3 is 4.90 Å². The molecule has 6 heteroatoms. The number of aromatic amines is 1. The summed E-state index contributed by atoms with van der Waals surface area (Å²) in [4.78, 5) is 6.52. The van der Waals surface area contributed by atoms with Crippen molar-refractivity contribution in [2.75, 3.05) is 19.0 Å². The molecular formula is C17H17N5S. The van der Waals surface area contributed by atoms with Crippen LogP contribution >= 0.6 is 12.2 Å². The van der Waals surface area contributed by atoms with E-state index >= 15 is 0 Å². The Labute approximate surface area is 139 Å². The van der Waals surface area contributed by atoms with Crippen molar-refractivity contribution in [1.82, 2.24) is 14.8 Å². The summed E-state index contributed by atoms with van der Waals surface area (Å²) in [7, 11) is 4.03. The summed E-state index contributed by atoms with van der Waals surface area (Å²) in [6.45, 7) is 0. The number of hydrogen-bond donors (Lipinski definition) is 1. The molecule has 116 valence electrons. The third kappa shape index (κ3) is 3.37. The third-order valence-electron chi connectivity index (χ3n) is 3.41. The molecule has 0 amide bonds. The Morgan fingerprint density at radius 3 is 2.43 bits per heavy atom. The Morgan fingerprint density at radius 1 is 1.09 bits per heavy atom. The zero-order valence-corrected chi connectivity index (χ0v) is 13.8. The SMILES string of the molecule is CN(C)c1ccc(/C=N/c2n[nH]c(=S)n2-c2ccccc2)cc1. The normalized spacial score (nSPS) is 11.0. The number of nitrogens with zero attached hydrogens (tertiary/aromatic N) is 4. The molecule has 0 spiro atoms. The molecule has 3 rings (SSSR count). The van der Waals surface area contributed by atoms with Crippen molar-refractivity contribution in [3.8, 4) is 5.69 Å². The lowest BCUT2D eigenvalue weighted by atomic mass is 10.2. The molecule has 3 aromatic rings. The first-order valence-corrected chi connectivity index (χ1v) is 7.60. The molecule has 0 saturated heterocycles. The van der Waals surface area contributed by atoms with Crippen LogP contribution in [0.15, 0.2) is 59.6 Å². The molecule has 0 saturated carbocycles. The highest BCUT2D eigenvalue weighted by Gasteiger charge is 2.06. The van der Waals surface area contributed by atoms with Gasteiger partial charge in [0, 0.05) is 26.0 Å². The highest BCUT2D eigenvalue weighted by molar-refractivity contribution is 7.71. The van der Waals surface area contributed by atoms with Gasteiger partial charge in [0.1, 0.15) is 0 Å². The smallest absolute Gasteiger partial charge is 0.253 e. The molecule has 0 atom stereocenters. The van der Waals surface area contributed by atoms with Crippen LogP contribution in [0.1, 0.15) is 5.56 Å². The maximum atomic E-state index is 5.30. The van der Waals surface area contributed by atoms with Crippen LogP contribution < -0.4 is 4.90 Å². The van der Waals surface area contributed by atoms with Crippen molar-refractivity contribution in [3.63, 3.8) is 0 Å². The highest BCUT2D eigenvalue weighted by Crippen LogP contribution is 2.17. The van der Waals surface area contributed by atoms with Gasteiger partial charge in [-0.3, -0.25) is 4.57 Å². The second kappa shape index (κ2) is 6.58. The van der Waals surface area contributed by atoms with E-state index in [-0.39, 0.29) is 0 Å². The van der Waals surface area contributed by atoms with Gasteiger partial charge in [0.25, 0.3) is 5.95 Å². The minimum absolute atomic E-state index is 0.520. The van der Waals surface area contributed by atoms with Crippen LogP contribution in [0.2, 0.25) is 0 Å². The Bertz CT molecular complexity index is 860. The standard InChI is InChI=1S/C17H17N5S/c1-21(2)14-10-8-13(9-11-14)12-18-16-19-20-17(23)22(16)15-6-4-3-5-7-15/h3-12H,1-2H3,(H,20,23)/b18-12+. The average Bonchev–Trinajstić information content (AvgIpc) is 2.95. The van der Waals surface area contributed by atoms with Crippen molar-refractivity contribution in [2.45, 2.75) is 0 Å². The Morgan fingerprint density at radius 2 is 1.78 bits per heavy atom. The van der Waals surface area contributed by atoms with E-state index in [0.29, 0.717) is 10.7 Å². The number of para-hydroxylation sites is 1. The number of hydrogen-bond acceptors (Lipinski definition) is 4. The van der Waals surface area contributed by atoms with Crippen molar-refractivity contribution in [3.05, 3.63) is 64.9 Å². The predicted molar refractivity (Wildman–Crippen MR) is 96.8 cm³/mol. The quantitative estimate of drug-likeness (QED) is 0.588. The largest absolute Gasteiger partial charge is 0.378 e. The molecular weight excluding hydrogens is 306 g/mol. The Balaban J connectivity index is 1.90. The van der Waals surface area contributed by atoms with E-state index in [1.54, 1.807) is 10.8 Å². The van der Waals surface area contributed by atoms with E-state index in [1.807, 2.05) is 56.6 Å². The Kier molecular flexibility index (Phi) is 4.34. The van der Waals surface area contributed by atoms with Gasteiger partial charge in [-0.2, -0.15) is 0 Å². The van der Waals surface area contributed by atoms with E-state index in [0.717, 1.165) is 16.9 Å². The first kappa shape index (κ1) is 15.2. The van der Waals surface area contributed by atoms with Gasteiger partial charge in [-0.25, -0.2) is 10.1 Å². The lowest BCUT2D eigenvalue weighted by Gasteiger charge is -2.11. The van der Waals surface area contributed by atoms with Gasteiger partial charge in [0.15, 0.2) is 0 Å². The number of nitrogens with one attached hydrogen (secondary N) is 1. The number of aromatic nitrogens is 3. The summed E-state index contributed by atoms with van der Waals surface area (Å²) in [5, 5.41) is 6.98. The van der Waals surface area contributed by atoms with Gasteiger partial charge in [-0.05, 0) is 42.0 Å². The van der Waals surface area contributed by atoms with Gasteiger partial charge in [0.05, 0.1) is 5.69 Å². The molecule has 1 heterocycles. The Hall–Kier alpha value is -2.73. The summed E-state index contributed by atoms with van der Waals surface area (Å²) in [6.07, 6.45) is 1.78. The van der Waals surface area contributed by atoms with Gasteiger partial charge in [0.2, 0.25) is 4.77 Å². The summed E-state index contributed by atoms with van der Waals surface area (Å²) >= 11 is 5.30. The number of benzene rings is 2. The van der Waals surface area contributed by atoms with Crippen LogP contribution in [0.25, 0.3) is 5.69 Å². The molecule has 5 nitrogen and oxygen atoms in total. The topological polar surface area (TPSA) is 49.2 Å². The van der Waals surface area contributed by atoms with Gasteiger partial charge in [-0.1, -0.05) is 30.3 Å². The molecule has 0 bridgehead atoms. The van der Waals surface area contributed by atoms with E-state index in [1.165, 1.54) is 0 Å². The summed E-state index contributed by atoms with van der Waals surface area (Å²) in [5.74, 6) is 0.526. The summed E-state index contributed by atoms with van der Waals surface area (Å²) < 4.78 is 2.33. The number of H-pyrrole nitrogens is 1. The first-order valence-electron chi connectivity index (χ1n) is 7.19. The molecule has 0 aliphatic rings. The molecule has 23 heavy (non-hydrogen) atoms. The lowest BCUT2D eigenvalue weighted by molar-refractivity contribution is 1.03. The molecule has 1 aromatic heterocycles. The second-order valence-corrected chi connectivity index (χ2v) is 5.63. The third-order valence-corrected chi connectivity index (χ3v) is 3.68. The van der Waals surface area contributed by atoms with Crippen molar-refractivity contribution >= 4 is 30.1 Å². The fraction of sp³-hybridized carbons (Fsp3) is 0.118. The van der Waals surface area contributed by atoms with Crippen LogP contribution in [-0.2, 0) is 0 Å². The predicted octanol–water partition coefficient (Wildman–Crippen LogP) is 3.75. The number of rotatable bonds is 4. The van der Waals surface area contributed by atoms with Gasteiger partial charge >= 0.3 is 0 Å². The van der Waals surface area contributed by atoms with Crippen LogP contribution in [0.4, 0.5) is 11.6 Å². The second-order valence-electron chi connectivity index (χ2n) is 5.24. The maximum absolute atomic E-state index is 5.30. The van der Waals surface area contributed by atoms with E-state index in [4.69, 9.17) is 12.2 Å². The van der Waals surface area contributed by atoms with E-state index in [2.05, 4.69) is 32.2 Å². The zero-order valence-electron chi connectivity index (χ0n) is 13.0. The minimum atomic E-state index is 0.520. The minimum Gasteiger partial charge on any atom is -0.378 e. The van der Waals surface area contributed by atoms with E-state index < -0.39 is 0 Å². The van der Waals surface area contributed by atoms with Crippen LogP contribution in [0, 0.1) is 4.77 Å². The first-order chi connectivity index (χ1) is 11.1. The maximum Gasteiger partial charge on any atom is 0.253 e. The average molecular weight is 323 g/mol. The molecule has 1 N–H and O–H groups in total. The molecule has 2 aromatic carbocycles. The highest BCUT2D eigenvalue weighted by atomic mass is 32.1. The van der Waals surface area contributed by atoms with Crippen LogP contribution in [0.5, 0.6) is 0 Å². The molecule has 0 aliphatic heterocycles. The van der Waals surface area contributed by atoms with Gasteiger partial charge in [-0.15, -0.1) is 5.10 Å². The number of anilines is 1. The fourth-order valence-electron chi connectivity index (χ4n) is 2.18. The molecule has 0 fully saturated rings. The lowest BCUT2D eigenvalue weighted by Crippen LogP contribution is -2.08.